The molecule has 0 aromatic heterocycles. The van der Waals surface area contributed by atoms with Gasteiger partial charge in [0, 0.05) is 6.04 Å². The second-order valence-corrected chi connectivity index (χ2v) is 4.98. The molecule has 0 saturated carbocycles. The van der Waals surface area contributed by atoms with E-state index in [1.807, 2.05) is 12.1 Å². The Morgan fingerprint density at radius 2 is 1.78 bits per heavy atom. The molecule has 1 aromatic rings. The molecule has 0 fully saturated rings. The zero-order chi connectivity index (χ0) is 13.2. The van der Waals surface area contributed by atoms with E-state index >= 15 is 0 Å². The number of hydrogen-bond acceptors (Lipinski definition) is 1. The molecule has 0 bridgehead atoms. The van der Waals surface area contributed by atoms with Gasteiger partial charge in [0.05, 0.1) is 0 Å². The second-order valence-electron chi connectivity index (χ2n) is 4.98. The molecule has 102 valence electrons. The minimum Gasteiger partial charge on any atom is -0.314 e. The predicted octanol–water partition coefficient (Wildman–Crippen LogP) is 4.32. The largest absolute Gasteiger partial charge is 0.314 e. The highest BCUT2D eigenvalue weighted by atomic mass is 19.1. The quantitative estimate of drug-likeness (QED) is 0.645. The summed E-state index contributed by atoms with van der Waals surface area (Å²) >= 11 is 0. The van der Waals surface area contributed by atoms with Crippen molar-refractivity contribution in [2.45, 2.75) is 58.4 Å². The lowest BCUT2D eigenvalue weighted by Gasteiger charge is -2.18. The van der Waals surface area contributed by atoms with Crippen molar-refractivity contribution in [3.8, 4) is 0 Å². The molecular formula is C16H26FN. The summed E-state index contributed by atoms with van der Waals surface area (Å²) in [7, 11) is 0. The minimum atomic E-state index is -0.150. The van der Waals surface area contributed by atoms with Gasteiger partial charge in [-0.2, -0.15) is 0 Å². The molecule has 0 aliphatic rings. The van der Waals surface area contributed by atoms with Crippen LogP contribution in [-0.4, -0.2) is 12.6 Å². The topological polar surface area (TPSA) is 12.0 Å². The summed E-state index contributed by atoms with van der Waals surface area (Å²) in [6.45, 7) is 5.49. The Bertz CT molecular complexity index is 307. The Labute approximate surface area is 111 Å². The molecule has 0 heterocycles. The molecule has 1 unspecified atom stereocenters. The van der Waals surface area contributed by atoms with Gasteiger partial charge in [-0.15, -0.1) is 0 Å². The van der Waals surface area contributed by atoms with Crippen LogP contribution in [0.4, 0.5) is 4.39 Å². The van der Waals surface area contributed by atoms with Crippen LogP contribution in [0.15, 0.2) is 24.3 Å². The first-order chi connectivity index (χ1) is 8.76. The molecule has 0 spiro atoms. The summed E-state index contributed by atoms with van der Waals surface area (Å²) in [5.74, 6) is -0.150. The number of rotatable bonds is 9. The zero-order valence-corrected chi connectivity index (χ0v) is 11.7. The van der Waals surface area contributed by atoms with Crippen LogP contribution in [0.2, 0.25) is 0 Å². The number of hydrogen-bond donors (Lipinski definition) is 1. The van der Waals surface area contributed by atoms with Crippen LogP contribution in [0.5, 0.6) is 0 Å². The van der Waals surface area contributed by atoms with Crippen LogP contribution in [0.1, 0.15) is 51.5 Å². The molecule has 0 aliphatic heterocycles. The number of halogens is 1. The zero-order valence-electron chi connectivity index (χ0n) is 11.7. The van der Waals surface area contributed by atoms with Crippen LogP contribution in [0, 0.1) is 5.82 Å². The highest BCUT2D eigenvalue weighted by Crippen LogP contribution is 2.11. The molecule has 0 amide bonds. The van der Waals surface area contributed by atoms with E-state index in [4.69, 9.17) is 0 Å². The monoisotopic (exact) mass is 251 g/mol. The minimum absolute atomic E-state index is 0.150. The maximum absolute atomic E-state index is 12.9. The van der Waals surface area contributed by atoms with E-state index in [2.05, 4.69) is 19.2 Å². The third-order valence-corrected chi connectivity index (χ3v) is 3.23. The molecule has 18 heavy (non-hydrogen) atoms. The highest BCUT2D eigenvalue weighted by molar-refractivity contribution is 5.17. The van der Waals surface area contributed by atoms with Crippen molar-refractivity contribution in [2.75, 3.05) is 6.54 Å². The van der Waals surface area contributed by atoms with E-state index in [0.717, 1.165) is 19.4 Å². The summed E-state index contributed by atoms with van der Waals surface area (Å²) in [6, 6.07) is 7.43. The average molecular weight is 251 g/mol. The van der Waals surface area contributed by atoms with Crippen LogP contribution in [0.3, 0.4) is 0 Å². The molecule has 1 N–H and O–H groups in total. The van der Waals surface area contributed by atoms with Crippen molar-refractivity contribution in [3.63, 3.8) is 0 Å². The molecule has 0 aliphatic carbocycles. The second kappa shape index (κ2) is 9.09. The Morgan fingerprint density at radius 1 is 1.06 bits per heavy atom. The van der Waals surface area contributed by atoms with Crippen molar-refractivity contribution in [1.29, 1.82) is 0 Å². The van der Waals surface area contributed by atoms with Gasteiger partial charge in [-0.05, 0) is 43.5 Å². The Morgan fingerprint density at radius 3 is 2.39 bits per heavy atom. The van der Waals surface area contributed by atoms with Crippen molar-refractivity contribution in [3.05, 3.63) is 35.6 Å². The Balaban J connectivity index is 2.45. The maximum atomic E-state index is 12.9. The van der Waals surface area contributed by atoms with E-state index in [1.165, 1.54) is 31.2 Å². The lowest BCUT2D eigenvalue weighted by Crippen LogP contribution is -2.31. The average Bonchev–Trinajstić information content (AvgIpc) is 2.38. The normalized spacial score (nSPS) is 12.6. The van der Waals surface area contributed by atoms with Crippen LogP contribution in [0.25, 0.3) is 0 Å². The molecule has 1 rings (SSSR count). The fourth-order valence-electron chi connectivity index (χ4n) is 2.17. The standard InChI is InChI=1S/C16H26FN/c1-3-5-6-7-16(18-12-4-2)13-14-8-10-15(17)11-9-14/h8-11,16,18H,3-7,12-13H2,1-2H3. The summed E-state index contributed by atoms with van der Waals surface area (Å²) in [5.41, 5.74) is 1.22. The lowest BCUT2D eigenvalue weighted by molar-refractivity contribution is 0.456. The van der Waals surface area contributed by atoms with E-state index in [9.17, 15) is 4.39 Å². The highest BCUT2D eigenvalue weighted by Gasteiger charge is 2.08. The lowest BCUT2D eigenvalue weighted by atomic mass is 10.0. The molecule has 2 heteroatoms. The SMILES string of the molecule is CCCCCC(Cc1ccc(F)cc1)NCCC. The van der Waals surface area contributed by atoms with Gasteiger partial charge in [0.25, 0.3) is 0 Å². The first-order valence-corrected chi connectivity index (χ1v) is 7.24. The van der Waals surface area contributed by atoms with Gasteiger partial charge in [-0.1, -0.05) is 45.2 Å². The van der Waals surface area contributed by atoms with Gasteiger partial charge in [-0.3, -0.25) is 0 Å². The molecule has 0 radical (unpaired) electrons. The van der Waals surface area contributed by atoms with Crippen LogP contribution >= 0.6 is 0 Å². The Hall–Kier alpha value is -0.890. The molecule has 1 atom stereocenters. The van der Waals surface area contributed by atoms with Gasteiger partial charge in [0.2, 0.25) is 0 Å². The summed E-state index contributed by atoms with van der Waals surface area (Å²) < 4.78 is 12.9. The first-order valence-electron chi connectivity index (χ1n) is 7.24. The van der Waals surface area contributed by atoms with Crippen molar-refractivity contribution in [2.24, 2.45) is 0 Å². The van der Waals surface area contributed by atoms with E-state index < -0.39 is 0 Å². The number of nitrogens with one attached hydrogen (secondary N) is 1. The van der Waals surface area contributed by atoms with Crippen LogP contribution < -0.4 is 5.32 Å². The smallest absolute Gasteiger partial charge is 0.123 e. The summed E-state index contributed by atoms with van der Waals surface area (Å²) in [6.07, 6.45) is 7.22. The van der Waals surface area contributed by atoms with Gasteiger partial charge in [0.1, 0.15) is 5.82 Å². The number of unbranched alkanes of at least 4 members (excludes halogenated alkanes) is 2. The number of benzene rings is 1. The van der Waals surface area contributed by atoms with E-state index in [0.29, 0.717) is 6.04 Å². The third kappa shape index (κ3) is 6.15. The molecule has 1 aromatic carbocycles. The summed E-state index contributed by atoms with van der Waals surface area (Å²) in [4.78, 5) is 0. The van der Waals surface area contributed by atoms with Gasteiger partial charge >= 0.3 is 0 Å². The summed E-state index contributed by atoms with van der Waals surface area (Å²) in [5, 5.41) is 3.60. The third-order valence-electron chi connectivity index (χ3n) is 3.23. The molecular weight excluding hydrogens is 225 g/mol. The van der Waals surface area contributed by atoms with Gasteiger partial charge in [0.15, 0.2) is 0 Å². The van der Waals surface area contributed by atoms with Crippen LogP contribution in [-0.2, 0) is 6.42 Å². The van der Waals surface area contributed by atoms with E-state index in [-0.39, 0.29) is 5.82 Å². The predicted molar refractivity (Wildman–Crippen MR) is 76.3 cm³/mol. The molecule has 1 nitrogen and oxygen atoms in total. The fourth-order valence-corrected chi connectivity index (χ4v) is 2.17. The maximum Gasteiger partial charge on any atom is 0.123 e. The first kappa shape index (κ1) is 15.2. The molecule has 0 saturated heterocycles. The van der Waals surface area contributed by atoms with Gasteiger partial charge < -0.3 is 5.32 Å². The van der Waals surface area contributed by atoms with Crippen molar-refractivity contribution >= 4 is 0 Å². The van der Waals surface area contributed by atoms with E-state index in [1.54, 1.807) is 12.1 Å². The van der Waals surface area contributed by atoms with Crippen molar-refractivity contribution < 1.29 is 4.39 Å². The van der Waals surface area contributed by atoms with Crippen molar-refractivity contribution in [1.82, 2.24) is 5.32 Å². The fraction of sp³-hybridized carbons (Fsp3) is 0.625. The Kier molecular flexibility index (Phi) is 7.66. The van der Waals surface area contributed by atoms with Gasteiger partial charge in [-0.25, -0.2) is 4.39 Å².